The third-order valence-electron chi connectivity index (χ3n) is 3.84. The second-order valence-corrected chi connectivity index (χ2v) is 5.12. The molecule has 104 valence electrons. The number of aromatic nitrogens is 1. The number of rotatable bonds is 1. The van der Waals surface area contributed by atoms with Gasteiger partial charge in [-0.3, -0.25) is 9.88 Å². The van der Waals surface area contributed by atoms with Crippen LogP contribution in [0.3, 0.4) is 0 Å². The van der Waals surface area contributed by atoms with Crippen molar-refractivity contribution in [3.8, 4) is 0 Å². The van der Waals surface area contributed by atoms with E-state index in [1.165, 1.54) is 6.08 Å². The molecule has 0 saturated heterocycles. The lowest BCUT2D eigenvalue weighted by Gasteiger charge is -2.24. The molecule has 0 radical (unpaired) electrons. The van der Waals surface area contributed by atoms with Crippen molar-refractivity contribution >= 4 is 22.4 Å². The van der Waals surface area contributed by atoms with Crippen molar-refractivity contribution in [1.82, 2.24) is 4.98 Å². The normalized spacial score (nSPS) is 20.9. The fourth-order valence-corrected chi connectivity index (χ4v) is 2.89. The molecule has 4 nitrogen and oxygen atoms in total. The van der Waals surface area contributed by atoms with Gasteiger partial charge >= 0.3 is 0 Å². The number of halogens is 1. The number of hydrogen-bond acceptors (Lipinski definition) is 4. The molecule has 1 aliphatic heterocycles. The van der Waals surface area contributed by atoms with E-state index in [0.717, 1.165) is 22.2 Å². The number of guanidine groups is 1. The van der Waals surface area contributed by atoms with Gasteiger partial charge < -0.3 is 5.73 Å². The summed E-state index contributed by atoms with van der Waals surface area (Å²) >= 11 is 0. The molecule has 0 fully saturated rings. The van der Waals surface area contributed by atoms with Crippen molar-refractivity contribution in [2.24, 2.45) is 10.7 Å². The second-order valence-electron chi connectivity index (χ2n) is 5.12. The Bertz CT molecular complexity index is 817. The number of fused-ring (bicyclic) bond motifs is 2. The highest BCUT2D eigenvalue weighted by molar-refractivity contribution is 6.08. The minimum atomic E-state index is -0.230. The number of aliphatic imine (C=N–C) groups is 1. The molecular weight excluding hydrogens is 267 g/mol. The largest absolute Gasteiger partial charge is 0.369 e. The Morgan fingerprint density at radius 2 is 2.14 bits per heavy atom. The van der Waals surface area contributed by atoms with E-state index >= 15 is 0 Å². The summed E-state index contributed by atoms with van der Waals surface area (Å²) in [7, 11) is 0. The fourth-order valence-electron chi connectivity index (χ4n) is 2.89. The van der Waals surface area contributed by atoms with Crippen LogP contribution in [0.2, 0.25) is 0 Å². The number of hydrogen-bond donors (Lipinski definition) is 1. The van der Waals surface area contributed by atoms with Crippen LogP contribution in [0.4, 0.5) is 10.1 Å². The van der Waals surface area contributed by atoms with E-state index in [1.54, 1.807) is 12.3 Å². The number of pyridine rings is 1. The minimum absolute atomic E-state index is 0.163. The van der Waals surface area contributed by atoms with Crippen LogP contribution in [0.1, 0.15) is 6.42 Å². The molecule has 0 amide bonds. The molecule has 2 N–H and O–H groups in total. The molecule has 0 saturated carbocycles. The van der Waals surface area contributed by atoms with Gasteiger partial charge in [-0.15, -0.1) is 0 Å². The first-order chi connectivity index (χ1) is 10.2. The van der Waals surface area contributed by atoms with Crippen LogP contribution < -0.4 is 10.6 Å². The Hall–Kier alpha value is -2.69. The van der Waals surface area contributed by atoms with Gasteiger partial charge in [-0.2, -0.15) is 0 Å². The van der Waals surface area contributed by atoms with Gasteiger partial charge in [-0.05, 0) is 24.3 Å². The first-order valence-electron chi connectivity index (χ1n) is 6.76. The maximum Gasteiger partial charge on any atom is 0.201 e. The van der Waals surface area contributed by atoms with E-state index in [1.807, 2.05) is 35.4 Å². The van der Waals surface area contributed by atoms with Crippen molar-refractivity contribution in [3.63, 3.8) is 0 Å². The standard InChI is InChI=1S/C16H13FN4/c17-11-4-5-15-13(8-11)20-16(18)21(15)14-3-1-2-10-9-19-7-6-12(10)14/h1-7,9,13H,8H2,(H2,18,20). The molecule has 2 aromatic rings. The van der Waals surface area contributed by atoms with Crippen molar-refractivity contribution in [2.75, 3.05) is 4.90 Å². The quantitative estimate of drug-likeness (QED) is 0.874. The summed E-state index contributed by atoms with van der Waals surface area (Å²) in [6.45, 7) is 0. The molecule has 0 spiro atoms. The topological polar surface area (TPSA) is 54.5 Å². The Labute approximate surface area is 121 Å². The van der Waals surface area contributed by atoms with Gasteiger partial charge in [0.15, 0.2) is 0 Å². The average molecular weight is 280 g/mol. The Morgan fingerprint density at radius 3 is 3.05 bits per heavy atom. The van der Waals surface area contributed by atoms with Crippen molar-refractivity contribution < 1.29 is 4.39 Å². The summed E-state index contributed by atoms with van der Waals surface area (Å²) in [5, 5.41) is 2.08. The molecule has 5 heteroatoms. The van der Waals surface area contributed by atoms with Crippen LogP contribution in [0.5, 0.6) is 0 Å². The van der Waals surface area contributed by atoms with Crippen LogP contribution in [-0.4, -0.2) is 17.0 Å². The highest BCUT2D eigenvalue weighted by Crippen LogP contribution is 2.36. The molecular formula is C16H13FN4. The third kappa shape index (κ3) is 1.81. The van der Waals surface area contributed by atoms with Gasteiger partial charge in [0, 0.05) is 29.6 Å². The van der Waals surface area contributed by atoms with Gasteiger partial charge in [-0.25, -0.2) is 9.38 Å². The van der Waals surface area contributed by atoms with E-state index in [4.69, 9.17) is 5.73 Å². The lowest BCUT2D eigenvalue weighted by molar-refractivity contribution is 0.558. The van der Waals surface area contributed by atoms with Crippen LogP contribution in [0, 0.1) is 0 Å². The minimum Gasteiger partial charge on any atom is -0.369 e. The molecule has 2 aliphatic rings. The monoisotopic (exact) mass is 280 g/mol. The molecule has 1 aromatic heterocycles. The highest BCUT2D eigenvalue weighted by Gasteiger charge is 2.33. The first kappa shape index (κ1) is 12.1. The van der Waals surface area contributed by atoms with E-state index in [9.17, 15) is 4.39 Å². The number of allylic oxidation sites excluding steroid dienone is 2. The Kier molecular flexibility index (Phi) is 2.54. The van der Waals surface area contributed by atoms with Gasteiger partial charge in [0.2, 0.25) is 5.96 Å². The van der Waals surface area contributed by atoms with Crippen molar-refractivity contribution in [3.05, 3.63) is 60.3 Å². The van der Waals surface area contributed by atoms with Gasteiger partial charge in [0.1, 0.15) is 11.9 Å². The van der Waals surface area contributed by atoms with Crippen molar-refractivity contribution in [2.45, 2.75) is 12.5 Å². The predicted molar refractivity (Wildman–Crippen MR) is 81.5 cm³/mol. The lowest BCUT2D eigenvalue weighted by Crippen LogP contribution is -2.33. The fraction of sp³-hybridized carbons (Fsp3) is 0.125. The van der Waals surface area contributed by atoms with Gasteiger partial charge in [-0.1, -0.05) is 12.1 Å². The van der Waals surface area contributed by atoms with Gasteiger partial charge in [0.25, 0.3) is 0 Å². The number of anilines is 1. The van der Waals surface area contributed by atoms with Crippen LogP contribution in [-0.2, 0) is 0 Å². The molecule has 21 heavy (non-hydrogen) atoms. The maximum atomic E-state index is 13.4. The van der Waals surface area contributed by atoms with E-state index in [2.05, 4.69) is 9.98 Å². The Balaban J connectivity index is 1.91. The number of benzene rings is 1. The van der Waals surface area contributed by atoms with Crippen LogP contribution >= 0.6 is 0 Å². The predicted octanol–water partition coefficient (Wildman–Crippen LogP) is 2.88. The SMILES string of the molecule is NC1=NC2CC(F)=CC=C2N1c1cccc2cnccc12. The van der Waals surface area contributed by atoms with Crippen LogP contribution in [0.15, 0.2) is 65.3 Å². The summed E-state index contributed by atoms with van der Waals surface area (Å²) in [5.74, 6) is 0.239. The molecule has 4 rings (SSSR count). The molecule has 1 atom stereocenters. The average Bonchev–Trinajstić information content (AvgIpc) is 2.81. The Morgan fingerprint density at radius 1 is 1.24 bits per heavy atom. The summed E-state index contributed by atoms with van der Waals surface area (Å²) in [6.07, 6.45) is 7.08. The number of nitrogens with two attached hydrogens (primary N) is 1. The molecule has 1 aromatic carbocycles. The molecule has 2 heterocycles. The molecule has 1 unspecified atom stereocenters. The zero-order chi connectivity index (χ0) is 14.4. The summed E-state index contributed by atoms with van der Waals surface area (Å²) in [6, 6.07) is 7.67. The van der Waals surface area contributed by atoms with Crippen molar-refractivity contribution in [1.29, 1.82) is 0 Å². The lowest BCUT2D eigenvalue weighted by atomic mass is 10.0. The van der Waals surface area contributed by atoms with Crippen LogP contribution in [0.25, 0.3) is 10.8 Å². The van der Waals surface area contributed by atoms with E-state index in [0.29, 0.717) is 5.96 Å². The summed E-state index contributed by atoms with van der Waals surface area (Å²) < 4.78 is 13.4. The second kappa shape index (κ2) is 4.41. The maximum absolute atomic E-state index is 13.4. The van der Waals surface area contributed by atoms with E-state index < -0.39 is 0 Å². The number of nitrogens with zero attached hydrogens (tertiary/aromatic N) is 3. The zero-order valence-electron chi connectivity index (χ0n) is 11.2. The van der Waals surface area contributed by atoms with E-state index in [-0.39, 0.29) is 18.3 Å². The third-order valence-corrected chi connectivity index (χ3v) is 3.84. The van der Waals surface area contributed by atoms with Gasteiger partial charge in [0.05, 0.1) is 11.4 Å². The zero-order valence-corrected chi connectivity index (χ0v) is 11.2. The smallest absolute Gasteiger partial charge is 0.201 e. The highest BCUT2D eigenvalue weighted by atomic mass is 19.1. The summed E-state index contributed by atoms with van der Waals surface area (Å²) in [5.41, 5.74) is 7.94. The molecule has 0 bridgehead atoms. The first-order valence-corrected chi connectivity index (χ1v) is 6.76. The molecule has 1 aliphatic carbocycles. The summed E-state index contributed by atoms with van der Waals surface area (Å²) in [4.78, 5) is 10.4.